The quantitative estimate of drug-likeness (QED) is 0.564. The van der Waals surface area contributed by atoms with Gasteiger partial charge in [0.25, 0.3) is 0 Å². The van der Waals surface area contributed by atoms with Crippen LogP contribution in [0.15, 0.2) is 41.3 Å². The predicted molar refractivity (Wildman–Crippen MR) is 117 cm³/mol. The molecule has 0 radical (unpaired) electrons. The lowest BCUT2D eigenvalue weighted by atomic mass is 10.1. The van der Waals surface area contributed by atoms with E-state index in [0.717, 1.165) is 40.2 Å². The Balaban J connectivity index is 1.46. The number of piperidine rings is 1. The molecule has 1 aliphatic rings. The molecule has 1 fully saturated rings. The molecule has 1 saturated heterocycles. The summed E-state index contributed by atoms with van der Waals surface area (Å²) in [5.74, 6) is 1.60. The van der Waals surface area contributed by atoms with Gasteiger partial charge in [-0.05, 0) is 47.3 Å². The van der Waals surface area contributed by atoms with Crippen LogP contribution in [-0.2, 0) is 11.3 Å². The highest BCUT2D eigenvalue weighted by Crippen LogP contribution is 2.24. The van der Waals surface area contributed by atoms with E-state index in [2.05, 4.69) is 36.6 Å². The Kier molecular flexibility index (Phi) is 6.32. The standard InChI is InChI=1S/C20H24BrN7O2/c1-2-30-20(29)27-8-5-15(6-9-27)25-17-10-18(23-12-14-4-3-7-22-11-14)28-19(26-17)16(21)13-24-28/h3-4,7,10-11,13,15,23H,2,5-6,8-9,12H2,1H3,(H,25,26). The first kappa shape index (κ1) is 20.4. The van der Waals surface area contributed by atoms with Gasteiger partial charge in [0.2, 0.25) is 0 Å². The molecule has 10 heteroatoms. The van der Waals surface area contributed by atoms with Crippen molar-refractivity contribution in [3.63, 3.8) is 0 Å². The smallest absolute Gasteiger partial charge is 0.409 e. The zero-order valence-electron chi connectivity index (χ0n) is 16.7. The predicted octanol–water partition coefficient (Wildman–Crippen LogP) is 3.53. The first-order chi connectivity index (χ1) is 14.6. The van der Waals surface area contributed by atoms with E-state index in [4.69, 9.17) is 9.72 Å². The lowest BCUT2D eigenvalue weighted by Crippen LogP contribution is -2.42. The number of halogens is 1. The topological polar surface area (TPSA) is 96.7 Å². The van der Waals surface area contributed by atoms with Crippen LogP contribution in [0.4, 0.5) is 16.4 Å². The number of hydrogen-bond donors (Lipinski definition) is 2. The fourth-order valence-corrected chi connectivity index (χ4v) is 3.81. The molecular formula is C20H24BrN7O2. The highest BCUT2D eigenvalue weighted by atomic mass is 79.9. The second kappa shape index (κ2) is 9.29. The number of rotatable bonds is 6. The fraction of sp³-hybridized carbons (Fsp3) is 0.400. The molecule has 3 aromatic heterocycles. The monoisotopic (exact) mass is 473 g/mol. The Hall–Kier alpha value is -2.88. The van der Waals surface area contributed by atoms with Crippen LogP contribution in [0, 0.1) is 0 Å². The largest absolute Gasteiger partial charge is 0.450 e. The van der Waals surface area contributed by atoms with E-state index in [9.17, 15) is 4.79 Å². The second-order valence-electron chi connectivity index (χ2n) is 7.07. The maximum absolute atomic E-state index is 11.9. The van der Waals surface area contributed by atoms with E-state index >= 15 is 0 Å². The maximum atomic E-state index is 11.9. The first-order valence-electron chi connectivity index (χ1n) is 9.99. The summed E-state index contributed by atoms with van der Waals surface area (Å²) in [5.41, 5.74) is 1.81. The van der Waals surface area contributed by atoms with Crippen molar-refractivity contribution in [2.24, 2.45) is 0 Å². The highest BCUT2D eigenvalue weighted by molar-refractivity contribution is 9.10. The minimum Gasteiger partial charge on any atom is -0.450 e. The van der Waals surface area contributed by atoms with Crippen LogP contribution in [0.25, 0.3) is 5.65 Å². The number of nitrogens with one attached hydrogen (secondary N) is 2. The van der Waals surface area contributed by atoms with Gasteiger partial charge in [-0.3, -0.25) is 4.98 Å². The molecule has 4 heterocycles. The number of nitrogens with zero attached hydrogens (tertiary/aromatic N) is 5. The van der Waals surface area contributed by atoms with Crippen molar-refractivity contribution in [1.82, 2.24) is 24.5 Å². The summed E-state index contributed by atoms with van der Waals surface area (Å²) in [6.07, 6.45) is 6.77. The molecule has 0 aromatic carbocycles. The molecule has 0 aliphatic carbocycles. The first-order valence-corrected chi connectivity index (χ1v) is 10.8. The molecule has 9 nitrogen and oxygen atoms in total. The van der Waals surface area contributed by atoms with Gasteiger partial charge in [-0.1, -0.05) is 6.07 Å². The molecule has 1 aliphatic heterocycles. The number of anilines is 2. The van der Waals surface area contributed by atoms with E-state index < -0.39 is 0 Å². The van der Waals surface area contributed by atoms with Crippen molar-refractivity contribution in [2.45, 2.75) is 32.4 Å². The van der Waals surface area contributed by atoms with Crippen LogP contribution in [-0.4, -0.2) is 56.3 Å². The summed E-state index contributed by atoms with van der Waals surface area (Å²) in [6.45, 7) is 4.18. The fourth-order valence-electron chi connectivity index (χ4n) is 3.46. The minimum absolute atomic E-state index is 0.235. The van der Waals surface area contributed by atoms with Gasteiger partial charge in [-0.25, -0.2) is 9.78 Å². The molecule has 0 bridgehead atoms. The third-order valence-corrected chi connectivity index (χ3v) is 5.56. The lowest BCUT2D eigenvalue weighted by molar-refractivity contribution is 0.0983. The number of likely N-dealkylation sites (tertiary alicyclic amines) is 1. The van der Waals surface area contributed by atoms with Crippen LogP contribution < -0.4 is 10.6 Å². The molecule has 0 atom stereocenters. The zero-order chi connectivity index (χ0) is 20.9. The molecule has 0 unspecified atom stereocenters. The summed E-state index contributed by atoms with van der Waals surface area (Å²) in [7, 11) is 0. The van der Waals surface area contributed by atoms with Crippen molar-refractivity contribution >= 4 is 39.3 Å². The number of fused-ring (bicyclic) bond motifs is 1. The van der Waals surface area contributed by atoms with Crippen molar-refractivity contribution in [2.75, 3.05) is 30.3 Å². The van der Waals surface area contributed by atoms with Gasteiger partial charge in [0, 0.05) is 44.1 Å². The summed E-state index contributed by atoms with van der Waals surface area (Å²) in [5, 5.41) is 11.3. The summed E-state index contributed by atoms with van der Waals surface area (Å²) >= 11 is 3.53. The Labute approximate surface area is 183 Å². The summed E-state index contributed by atoms with van der Waals surface area (Å²) in [6, 6.07) is 6.13. The van der Waals surface area contributed by atoms with Crippen LogP contribution in [0.5, 0.6) is 0 Å². The van der Waals surface area contributed by atoms with Crippen molar-refractivity contribution in [3.05, 3.63) is 46.8 Å². The highest BCUT2D eigenvalue weighted by Gasteiger charge is 2.24. The molecule has 0 saturated carbocycles. The van der Waals surface area contributed by atoms with Gasteiger partial charge in [0.1, 0.15) is 11.6 Å². The Morgan fingerprint density at radius 3 is 2.90 bits per heavy atom. The number of carbonyl (C=O) groups excluding carboxylic acids is 1. The second-order valence-corrected chi connectivity index (χ2v) is 7.93. The molecular weight excluding hydrogens is 450 g/mol. The van der Waals surface area contributed by atoms with Crippen LogP contribution >= 0.6 is 15.9 Å². The van der Waals surface area contributed by atoms with Gasteiger partial charge in [-0.15, -0.1) is 0 Å². The van der Waals surface area contributed by atoms with E-state index in [-0.39, 0.29) is 12.1 Å². The van der Waals surface area contributed by atoms with Gasteiger partial charge in [0.05, 0.1) is 17.3 Å². The molecule has 3 aromatic rings. The van der Waals surface area contributed by atoms with Gasteiger partial charge < -0.3 is 20.3 Å². The van der Waals surface area contributed by atoms with E-state index in [0.29, 0.717) is 26.2 Å². The van der Waals surface area contributed by atoms with Crippen molar-refractivity contribution in [3.8, 4) is 0 Å². The van der Waals surface area contributed by atoms with Crippen molar-refractivity contribution < 1.29 is 9.53 Å². The summed E-state index contributed by atoms with van der Waals surface area (Å²) < 4.78 is 7.69. The van der Waals surface area contributed by atoms with Gasteiger partial charge in [0.15, 0.2) is 5.65 Å². The Bertz CT molecular complexity index is 1000. The van der Waals surface area contributed by atoms with Gasteiger partial charge in [-0.2, -0.15) is 9.61 Å². The number of ether oxygens (including phenoxy) is 1. The number of pyridine rings is 1. The Morgan fingerprint density at radius 2 is 2.17 bits per heavy atom. The van der Waals surface area contributed by atoms with Crippen LogP contribution in [0.2, 0.25) is 0 Å². The SMILES string of the molecule is CCOC(=O)N1CCC(Nc2cc(NCc3cccnc3)n3ncc(Br)c3n2)CC1. The molecule has 30 heavy (non-hydrogen) atoms. The summed E-state index contributed by atoms with van der Waals surface area (Å²) in [4.78, 5) is 22.5. The van der Waals surface area contributed by atoms with Crippen LogP contribution in [0.1, 0.15) is 25.3 Å². The number of aromatic nitrogens is 4. The molecule has 4 rings (SSSR count). The number of carbonyl (C=O) groups is 1. The van der Waals surface area contributed by atoms with Crippen molar-refractivity contribution in [1.29, 1.82) is 0 Å². The molecule has 0 spiro atoms. The molecule has 1 amide bonds. The maximum Gasteiger partial charge on any atom is 0.409 e. The third kappa shape index (κ3) is 4.64. The van der Waals surface area contributed by atoms with E-state index in [1.165, 1.54) is 0 Å². The van der Waals surface area contributed by atoms with E-state index in [1.54, 1.807) is 21.8 Å². The molecule has 158 valence electrons. The van der Waals surface area contributed by atoms with E-state index in [1.807, 2.05) is 31.3 Å². The zero-order valence-corrected chi connectivity index (χ0v) is 18.3. The number of amides is 1. The average Bonchev–Trinajstić information content (AvgIpc) is 3.14. The average molecular weight is 474 g/mol. The number of hydrogen-bond acceptors (Lipinski definition) is 7. The lowest BCUT2D eigenvalue weighted by Gasteiger charge is -2.31. The Morgan fingerprint density at radius 1 is 1.33 bits per heavy atom. The third-order valence-electron chi connectivity index (χ3n) is 5.00. The van der Waals surface area contributed by atoms with Crippen LogP contribution in [0.3, 0.4) is 0 Å². The normalized spacial score (nSPS) is 14.7. The molecule has 2 N–H and O–H groups in total. The van der Waals surface area contributed by atoms with Gasteiger partial charge >= 0.3 is 6.09 Å². The minimum atomic E-state index is -0.236.